The number of fused-ring (bicyclic) bond motifs is 1. The van der Waals surface area contributed by atoms with Crippen LogP contribution in [-0.4, -0.2) is 27.9 Å². The largest absolute Gasteiger partial charge is 0.465 e. The third-order valence-electron chi connectivity index (χ3n) is 1.72. The summed E-state index contributed by atoms with van der Waals surface area (Å²) < 4.78 is 6.08. The molecule has 0 N–H and O–H groups in total. The van der Waals surface area contributed by atoms with E-state index in [9.17, 15) is 4.79 Å². The minimum absolute atomic E-state index is 0.377. The van der Waals surface area contributed by atoms with Gasteiger partial charge >= 0.3 is 5.97 Å². The number of rotatable bonds is 1. The molecule has 0 spiro atoms. The minimum Gasteiger partial charge on any atom is -0.465 e. The van der Waals surface area contributed by atoms with Gasteiger partial charge in [-0.15, -0.1) is 5.10 Å². The van der Waals surface area contributed by atoms with Gasteiger partial charge in [-0.1, -0.05) is 5.21 Å². The van der Waals surface area contributed by atoms with Gasteiger partial charge in [-0.2, -0.15) is 0 Å². The minimum atomic E-state index is -0.377. The van der Waals surface area contributed by atoms with Crippen molar-refractivity contribution in [1.82, 2.24) is 14.8 Å². The number of hydrogen-bond acceptors (Lipinski definition) is 4. The predicted molar refractivity (Wildman–Crippen MR) is 44.3 cm³/mol. The van der Waals surface area contributed by atoms with Crippen LogP contribution in [0.4, 0.5) is 0 Å². The van der Waals surface area contributed by atoms with Crippen LogP contribution >= 0.6 is 0 Å². The third-order valence-corrected chi connectivity index (χ3v) is 1.72. The van der Waals surface area contributed by atoms with Crippen molar-refractivity contribution in [3.05, 3.63) is 30.1 Å². The Morgan fingerprint density at radius 3 is 3.15 bits per heavy atom. The lowest BCUT2D eigenvalue weighted by Gasteiger charge is -1.98. The highest BCUT2D eigenvalue weighted by Gasteiger charge is 2.05. The number of carbonyl (C=O) groups excluding carboxylic acids is 1. The molecule has 2 aromatic heterocycles. The zero-order valence-corrected chi connectivity index (χ0v) is 6.97. The number of carbonyl (C=O) groups is 1. The second-order valence-corrected chi connectivity index (χ2v) is 2.51. The van der Waals surface area contributed by atoms with Gasteiger partial charge in [0.25, 0.3) is 0 Å². The van der Waals surface area contributed by atoms with Crippen LogP contribution in [0, 0.1) is 0 Å². The second-order valence-electron chi connectivity index (χ2n) is 2.51. The molecule has 0 radical (unpaired) electrons. The SMILES string of the molecule is COC(=O)c1ccc2cnnn2c1. The summed E-state index contributed by atoms with van der Waals surface area (Å²) in [5.74, 6) is -0.377. The van der Waals surface area contributed by atoms with Gasteiger partial charge in [0.05, 0.1) is 24.4 Å². The summed E-state index contributed by atoms with van der Waals surface area (Å²) in [4.78, 5) is 11.1. The van der Waals surface area contributed by atoms with Crippen molar-refractivity contribution in [2.45, 2.75) is 0 Å². The van der Waals surface area contributed by atoms with E-state index in [0.29, 0.717) is 5.56 Å². The molecule has 0 amide bonds. The van der Waals surface area contributed by atoms with Crippen molar-refractivity contribution in [1.29, 1.82) is 0 Å². The molecule has 0 aliphatic heterocycles. The molecule has 0 fully saturated rings. The summed E-state index contributed by atoms with van der Waals surface area (Å²) >= 11 is 0. The first-order valence-corrected chi connectivity index (χ1v) is 3.69. The Balaban J connectivity index is 2.54. The van der Waals surface area contributed by atoms with E-state index < -0.39 is 0 Å². The third kappa shape index (κ3) is 1.24. The average Bonchev–Trinajstić information content (AvgIpc) is 2.63. The van der Waals surface area contributed by atoms with Gasteiger partial charge < -0.3 is 4.74 Å². The maximum Gasteiger partial charge on any atom is 0.339 e. The molecule has 0 saturated heterocycles. The van der Waals surface area contributed by atoms with Gasteiger partial charge in [0, 0.05) is 6.20 Å². The van der Waals surface area contributed by atoms with Gasteiger partial charge in [0.2, 0.25) is 0 Å². The molecule has 2 heterocycles. The van der Waals surface area contributed by atoms with E-state index in [0.717, 1.165) is 5.52 Å². The summed E-state index contributed by atoms with van der Waals surface area (Å²) in [6.07, 6.45) is 3.19. The molecule has 0 aliphatic carbocycles. The highest BCUT2D eigenvalue weighted by molar-refractivity contribution is 5.89. The van der Waals surface area contributed by atoms with Crippen molar-refractivity contribution in [2.24, 2.45) is 0 Å². The number of aromatic nitrogens is 3. The summed E-state index contributed by atoms with van der Waals surface area (Å²) in [5, 5.41) is 7.44. The van der Waals surface area contributed by atoms with E-state index >= 15 is 0 Å². The van der Waals surface area contributed by atoms with Crippen LogP contribution in [0.3, 0.4) is 0 Å². The topological polar surface area (TPSA) is 56.5 Å². The smallest absolute Gasteiger partial charge is 0.339 e. The standard InChI is InChI=1S/C8H7N3O2/c1-13-8(12)6-2-3-7-4-9-10-11(7)5-6/h2-5H,1H3. The second kappa shape index (κ2) is 2.85. The number of ether oxygens (including phenoxy) is 1. The first kappa shape index (κ1) is 7.72. The summed E-state index contributed by atoms with van der Waals surface area (Å²) in [5.41, 5.74) is 1.30. The molecule has 0 aliphatic rings. The Morgan fingerprint density at radius 2 is 2.38 bits per heavy atom. The highest BCUT2D eigenvalue weighted by atomic mass is 16.5. The monoisotopic (exact) mass is 177 g/mol. The Hall–Kier alpha value is -1.91. The normalized spacial score (nSPS) is 10.2. The van der Waals surface area contributed by atoms with E-state index in [4.69, 9.17) is 0 Å². The van der Waals surface area contributed by atoms with Crippen molar-refractivity contribution in [3.8, 4) is 0 Å². The Kier molecular flexibility index (Phi) is 1.70. The maximum atomic E-state index is 11.1. The zero-order chi connectivity index (χ0) is 9.26. The Bertz CT molecular complexity index is 449. The molecule has 13 heavy (non-hydrogen) atoms. The molecule has 0 unspecified atom stereocenters. The van der Waals surface area contributed by atoms with Crippen LogP contribution in [0.25, 0.3) is 5.52 Å². The summed E-state index contributed by atoms with van der Waals surface area (Å²) in [7, 11) is 1.34. The van der Waals surface area contributed by atoms with E-state index in [2.05, 4.69) is 15.0 Å². The number of nitrogens with zero attached hydrogens (tertiary/aromatic N) is 3. The molecular formula is C8H7N3O2. The molecular weight excluding hydrogens is 170 g/mol. The van der Waals surface area contributed by atoms with Crippen molar-refractivity contribution in [3.63, 3.8) is 0 Å². The van der Waals surface area contributed by atoms with E-state index in [-0.39, 0.29) is 5.97 Å². The van der Waals surface area contributed by atoms with Crippen molar-refractivity contribution in [2.75, 3.05) is 7.11 Å². The fraction of sp³-hybridized carbons (Fsp3) is 0.125. The predicted octanol–water partition coefficient (Wildman–Crippen LogP) is 0.516. The summed E-state index contributed by atoms with van der Waals surface area (Å²) in [6, 6.07) is 3.43. The fourth-order valence-corrected chi connectivity index (χ4v) is 1.06. The van der Waals surface area contributed by atoms with Crippen molar-refractivity contribution >= 4 is 11.5 Å². The number of esters is 1. The quantitative estimate of drug-likeness (QED) is 0.596. The maximum absolute atomic E-state index is 11.1. The summed E-state index contributed by atoms with van der Waals surface area (Å²) in [6.45, 7) is 0. The lowest BCUT2D eigenvalue weighted by atomic mass is 10.3. The lowest BCUT2D eigenvalue weighted by molar-refractivity contribution is 0.0600. The number of methoxy groups -OCH3 is 1. The van der Waals surface area contributed by atoms with Gasteiger partial charge in [0.1, 0.15) is 0 Å². The van der Waals surface area contributed by atoms with Crippen LogP contribution in [0.5, 0.6) is 0 Å². The Morgan fingerprint density at radius 1 is 1.54 bits per heavy atom. The van der Waals surface area contributed by atoms with E-state index in [1.165, 1.54) is 11.6 Å². The van der Waals surface area contributed by atoms with Crippen LogP contribution < -0.4 is 0 Å². The number of pyridine rings is 1. The average molecular weight is 177 g/mol. The van der Waals surface area contributed by atoms with Crippen molar-refractivity contribution < 1.29 is 9.53 Å². The van der Waals surface area contributed by atoms with Crippen LogP contribution in [0.1, 0.15) is 10.4 Å². The molecule has 5 heteroatoms. The molecule has 2 aromatic rings. The fourth-order valence-electron chi connectivity index (χ4n) is 1.06. The van der Waals surface area contributed by atoms with E-state index in [1.54, 1.807) is 24.5 Å². The van der Waals surface area contributed by atoms with E-state index in [1.807, 2.05) is 0 Å². The molecule has 66 valence electrons. The van der Waals surface area contributed by atoms with Gasteiger partial charge in [0.15, 0.2) is 0 Å². The van der Waals surface area contributed by atoms with Gasteiger partial charge in [-0.3, -0.25) is 0 Å². The number of hydrogen-bond donors (Lipinski definition) is 0. The molecule has 0 atom stereocenters. The van der Waals surface area contributed by atoms with Gasteiger partial charge in [-0.25, -0.2) is 9.31 Å². The van der Waals surface area contributed by atoms with Crippen LogP contribution in [0.15, 0.2) is 24.5 Å². The van der Waals surface area contributed by atoms with Crippen LogP contribution in [-0.2, 0) is 4.74 Å². The van der Waals surface area contributed by atoms with Gasteiger partial charge in [-0.05, 0) is 12.1 Å². The molecule has 2 rings (SSSR count). The molecule has 0 bridgehead atoms. The first-order chi connectivity index (χ1) is 6.31. The lowest BCUT2D eigenvalue weighted by Crippen LogP contribution is -2.02. The van der Waals surface area contributed by atoms with Crippen LogP contribution in [0.2, 0.25) is 0 Å². The molecule has 0 saturated carbocycles. The highest BCUT2D eigenvalue weighted by Crippen LogP contribution is 2.04. The molecule has 5 nitrogen and oxygen atoms in total. The zero-order valence-electron chi connectivity index (χ0n) is 6.97. The Labute approximate surface area is 73.9 Å². The first-order valence-electron chi connectivity index (χ1n) is 3.69. The molecule has 0 aromatic carbocycles.